The maximum absolute atomic E-state index is 13.7. The van der Waals surface area contributed by atoms with Crippen molar-refractivity contribution in [1.29, 1.82) is 0 Å². The molecule has 0 saturated heterocycles. The van der Waals surface area contributed by atoms with Crippen molar-refractivity contribution in [2.75, 3.05) is 5.32 Å². The number of Topliss-reactive ketones (excluding diaryl/α,β-unsaturated/α-hetero) is 1. The minimum absolute atomic E-state index is 0.139. The molecule has 1 heterocycles. The zero-order valence-electron chi connectivity index (χ0n) is 10.8. The van der Waals surface area contributed by atoms with Crippen LogP contribution in [-0.2, 0) is 0 Å². The molecule has 20 heavy (non-hydrogen) atoms. The minimum Gasteiger partial charge on any atom is -0.340 e. The molecule has 0 amide bonds. The summed E-state index contributed by atoms with van der Waals surface area (Å²) >= 11 is 5.84. The molecule has 5 heteroatoms. The van der Waals surface area contributed by atoms with Crippen LogP contribution in [0.1, 0.15) is 22.8 Å². The number of aromatic nitrogens is 1. The molecule has 0 aliphatic carbocycles. The average molecular weight is 291 g/mol. The third-order valence-corrected chi connectivity index (χ3v) is 2.94. The van der Waals surface area contributed by atoms with E-state index in [9.17, 15) is 9.18 Å². The second kappa shape index (κ2) is 5.84. The van der Waals surface area contributed by atoms with E-state index in [1.165, 1.54) is 31.3 Å². The van der Waals surface area contributed by atoms with Gasteiger partial charge in [0.2, 0.25) is 0 Å². The Balaban J connectivity index is 2.33. The smallest absolute Gasteiger partial charge is 0.163 e. The SMILES string of the molecule is C=C(Nc1ncccc1C(C)=O)c1cc(Cl)ccc1F. The molecule has 0 saturated carbocycles. The van der Waals surface area contributed by atoms with Crippen LogP contribution in [0.25, 0.3) is 5.70 Å². The lowest BCUT2D eigenvalue weighted by molar-refractivity contribution is 0.101. The van der Waals surface area contributed by atoms with Gasteiger partial charge < -0.3 is 5.32 Å². The van der Waals surface area contributed by atoms with Crippen LogP contribution < -0.4 is 5.32 Å². The van der Waals surface area contributed by atoms with Crippen molar-refractivity contribution in [1.82, 2.24) is 4.98 Å². The summed E-state index contributed by atoms with van der Waals surface area (Å²) in [5, 5.41) is 3.25. The number of carbonyl (C=O) groups excluding carboxylic acids is 1. The number of halogens is 2. The molecule has 2 rings (SSSR count). The van der Waals surface area contributed by atoms with E-state index in [0.717, 1.165) is 0 Å². The molecule has 0 aliphatic heterocycles. The van der Waals surface area contributed by atoms with Crippen LogP contribution in [0.4, 0.5) is 10.2 Å². The van der Waals surface area contributed by atoms with Gasteiger partial charge in [0.25, 0.3) is 0 Å². The Bertz CT molecular complexity index is 685. The van der Waals surface area contributed by atoms with Crippen molar-refractivity contribution in [3.63, 3.8) is 0 Å². The quantitative estimate of drug-likeness (QED) is 0.860. The van der Waals surface area contributed by atoms with Gasteiger partial charge in [0.1, 0.15) is 11.6 Å². The number of benzene rings is 1. The fourth-order valence-corrected chi connectivity index (χ4v) is 1.90. The van der Waals surface area contributed by atoms with Crippen LogP contribution in [0.5, 0.6) is 0 Å². The normalized spacial score (nSPS) is 10.2. The highest BCUT2D eigenvalue weighted by atomic mass is 35.5. The number of pyridine rings is 1. The number of hydrogen-bond acceptors (Lipinski definition) is 3. The zero-order chi connectivity index (χ0) is 14.7. The van der Waals surface area contributed by atoms with Crippen LogP contribution >= 0.6 is 11.6 Å². The predicted octanol–water partition coefficient (Wildman–Crippen LogP) is 4.16. The second-order valence-electron chi connectivity index (χ2n) is 4.18. The summed E-state index contributed by atoms with van der Waals surface area (Å²) in [4.78, 5) is 15.6. The summed E-state index contributed by atoms with van der Waals surface area (Å²) in [5.41, 5.74) is 0.931. The Morgan fingerprint density at radius 1 is 1.35 bits per heavy atom. The van der Waals surface area contributed by atoms with Gasteiger partial charge in [0, 0.05) is 22.5 Å². The van der Waals surface area contributed by atoms with E-state index in [0.29, 0.717) is 16.4 Å². The van der Waals surface area contributed by atoms with Crippen LogP contribution in [0.3, 0.4) is 0 Å². The van der Waals surface area contributed by atoms with Gasteiger partial charge in [0.05, 0.1) is 5.56 Å². The first kappa shape index (κ1) is 14.2. The van der Waals surface area contributed by atoms with Gasteiger partial charge in [-0.3, -0.25) is 4.79 Å². The summed E-state index contributed by atoms with van der Waals surface area (Å²) < 4.78 is 13.7. The molecule has 0 aliphatic rings. The lowest BCUT2D eigenvalue weighted by atomic mass is 10.1. The van der Waals surface area contributed by atoms with Gasteiger partial charge in [-0.15, -0.1) is 0 Å². The molecule has 0 unspecified atom stereocenters. The van der Waals surface area contributed by atoms with Crippen LogP contribution in [-0.4, -0.2) is 10.8 Å². The molecule has 1 aromatic heterocycles. The lowest BCUT2D eigenvalue weighted by Crippen LogP contribution is -2.06. The van der Waals surface area contributed by atoms with Crippen LogP contribution in [0.2, 0.25) is 5.02 Å². The topological polar surface area (TPSA) is 42.0 Å². The van der Waals surface area contributed by atoms with E-state index in [2.05, 4.69) is 16.9 Å². The Hall–Kier alpha value is -2.20. The van der Waals surface area contributed by atoms with Crippen molar-refractivity contribution >= 4 is 28.9 Å². The fraction of sp³-hybridized carbons (Fsp3) is 0.0667. The van der Waals surface area contributed by atoms with Crippen molar-refractivity contribution < 1.29 is 9.18 Å². The molecule has 0 radical (unpaired) electrons. The summed E-state index contributed by atoms with van der Waals surface area (Å²) in [6, 6.07) is 7.47. The molecule has 0 spiro atoms. The summed E-state index contributed by atoms with van der Waals surface area (Å²) in [5.74, 6) is -0.253. The molecule has 2 aromatic rings. The van der Waals surface area contributed by atoms with Crippen LogP contribution in [0, 0.1) is 5.82 Å². The average Bonchev–Trinajstić information content (AvgIpc) is 2.41. The van der Waals surface area contributed by atoms with E-state index in [4.69, 9.17) is 11.6 Å². The number of anilines is 1. The number of carbonyl (C=O) groups is 1. The Morgan fingerprint density at radius 3 is 2.80 bits per heavy atom. The van der Waals surface area contributed by atoms with E-state index >= 15 is 0 Å². The van der Waals surface area contributed by atoms with E-state index < -0.39 is 5.82 Å². The molecular weight excluding hydrogens is 279 g/mol. The largest absolute Gasteiger partial charge is 0.340 e. The highest BCUT2D eigenvalue weighted by Gasteiger charge is 2.12. The maximum atomic E-state index is 13.7. The van der Waals surface area contributed by atoms with Crippen molar-refractivity contribution in [2.45, 2.75) is 6.92 Å². The number of rotatable bonds is 4. The van der Waals surface area contributed by atoms with Gasteiger partial charge >= 0.3 is 0 Å². The van der Waals surface area contributed by atoms with Gasteiger partial charge in [-0.25, -0.2) is 9.37 Å². The molecular formula is C15H12ClFN2O. The minimum atomic E-state index is -0.452. The first-order valence-corrected chi connectivity index (χ1v) is 6.24. The molecule has 0 bridgehead atoms. The maximum Gasteiger partial charge on any atom is 0.163 e. The standard InChI is InChI=1S/C15H12ClFN2O/c1-9(13-8-11(16)5-6-14(13)17)19-15-12(10(2)20)4-3-7-18-15/h3-8H,1H2,2H3,(H,18,19). The van der Waals surface area contributed by atoms with Gasteiger partial charge in [0.15, 0.2) is 5.78 Å². The molecule has 1 N–H and O–H groups in total. The van der Waals surface area contributed by atoms with E-state index in [-0.39, 0.29) is 17.0 Å². The number of hydrogen-bond donors (Lipinski definition) is 1. The lowest BCUT2D eigenvalue weighted by Gasteiger charge is -2.12. The van der Waals surface area contributed by atoms with Crippen LogP contribution in [0.15, 0.2) is 43.1 Å². The Kier molecular flexibility index (Phi) is 4.15. The highest BCUT2D eigenvalue weighted by molar-refractivity contribution is 6.30. The van der Waals surface area contributed by atoms with E-state index in [1.54, 1.807) is 12.1 Å². The first-order valence-electron chi connectivity index (χ1n) is 5.86. The number of nitrogens with zero attached hydrogens (tertiary/aromatic N) is 1. The fourth-order valence-electron chi connectivity index (χ4n) is 1.73. The molecule has 0 fully saturated rings. The third-order valence-electron chi connectivity index (χ3n) is 2.71. The van der Waals surface area contributed by atoms with Crippen molar-refractivity contribution in [2.24, 2.45) is 0 Å². The predicted molar refractivity (Wildman–Crippen MR) is 78.3 cm³/mol. The zero-order valence-corrected chi connectivity index (χ0v) is 11.5. The summed E-state index contributed by atoms with van der Waals surface area (Å²) in [6.07, 6.45) is 1.54. The van der Waals surface area contributed by atoms with Gasteiger partial charge in [-0.2, -0.15) is 0 Å². The number of ketones is 1. The molecule has 3 nitrogen and oxygen atoms in total. The summed E-state index contributed by atoms with van der Waals surface area (Å²) in [7, 11) is 0. The third kappa shape index (κ3) is 3.03. The molecule has 102 valence electrons. The Morgan fingerprint density at radius 2 is 2.10 bits per heavy atom. The van der Waals surface area contributed by atoms with Crippen molar-refractivity contribution in [3.05, 3.63) is 65.1 Å². The second-order valence-corrected chi connectivity index (χ2v) is 4.62. The van der Waals surface area contributed by atoms with E-state index in [1.807, 2.05) is 0 Å². The van der Waals surface area contributed by atoms with Gasteiger partial charge in [-0.1, -0.05) is 18.2 Å². The molecule has 1 aromatic carbocycles. The first-order chi connectivity index (χ1) is 9.49. The van der Waals surface area contributed by atoms with Gasteiger partial charge in [-0.05, 0) is 37.3 Å². The monoisotopic (exact) mass is 290 g/mol. The Labute approximate surface area is 121 Å². The number of nitrogens with one attached hydrogen (secondary N) is 1. The molecule has 0 atom stereocenters. The summed E-state index contributed by atoms with van der Waals surface area (Å²) in [6.45, 7) is 5.20. The highest BCUT2D eigenvalue weighted by Crippen LogP contribution is 2.23. The van der Waals surface area contributed by atoms with Crippen molar-refractivity contribution in [3.8, 4) is 0 Å².